The second kappa shape index (κ2) is 4.68. The van der Waals surface area contributed by atoms with Gasteiger partial charge in [-0.1, -0.05) is 18.2 Å². The lowest BCUT2D eigenvalue weighted by atomic mass is 10.1. The predicted molar refractivity (Wildman–Crippen MR) is 58.1 cm³/mol. The van der Waals surface area contributed by atoms with Crippen molar-refractivity contribution in [1.82, 2.24) is 0 Å². The summed E-state index contributed by atoms with van der Waals surface area (Å²) in [5.41, 5.74) is 1.14. The number of rotatable bonds is 2. The molecule has 1 aromatic rings. The van der Waals surface area contributed by atoms with Crippen molar-refractivity contribution in [2.45, 2.75) is 11.8 Å². The van der Waals surface area contributed by atoms with Crippen LogP contribution in [-0.2, 0) is 6.42 Å². The van der Waals surface area contributed by atoms with Gasteiger partial charge < -0.3 is 0 Å². The monoisotopic (exact) mass is 291 g/mol. The fourth-order valence-corrected chi connectivity index (χ4v) is 1.68. The molecule has 1 atom stereocenters. The van der Waals surface area contributed by atoms with E-state index < -0.39 is 5.38 Å². The molecule has 1 aromatic carbocycles. The fourth-order valence-electron chi connectivity index (χ4n) is 0.903. The lowest BCUT2D eigenvalue weighted by molar-refractivity contribution is 1.01. The summed E-state index contributed by atoms with van der Waals surface area (Å²) < 4.78 is 1.16. The summed E-state index contributed by atoms with van der Waals surface area (Å²) in [6.07, 6.45) is 0.622. The molecule has 0 saturated heterocycles. The molecule has 0 saturated carbocycles. The van der Waals surface area contributed by atoms with Crippen LogP contribution in [0.3, 0.4) is 0 Å². The summed E-state index contributed by atoms with van der Waals surface area (Å²) in [6, 6.07) is 9.94. The molecule has 0 heterocycles. The molecule has 0 spiro atoms. The first kappa shape index (κ1) is 9.82. The Kier molecular flexibility index (Phi) is 3.83. The van der Waals surface area contributed by atoms with Gasteiger partial charge in [-0.15, -0.1) is 11.6 Å². The van der Waals surface area contributed by atoms with E-state index >= 15 is 0 Å². The van der Waals surface area contributed by atoms with Crippen LogP contribution in [0, 0.1) is 14.9 Å². The Balaban J connectivity index is 2.77. The number of hydrogen-bond donors (Lipinski definition) is 0. The zero-order valence-corrected chi connectivity index (χ0v) is 9.21. The molecule has 0 aliphatic rings. The highest BCUT2D eigenvalue weighted by Gasteiger charge is 2.05. The van der Waals surface area contributed by atoms with Crippen LogP contribution in [0.1, 0.15) is 5.56 Å². The van der Waals surface area contributed by atoms with E-state index in [0.717, 1.165) is 9.13 Å². The van der Waals surface area contributed by atoms with Crippen molar-refractivity contribution in [2.24, 2.45) is 0 Å². The SMILES string of the molecule is N#CC(Cl)Cc1ccccc1I. The van der Waals surface area contributed by atoms with Gasteiger partial charge in [-0.05, 0) is 34.2 Å². The molecule has 0 radical (unpaired) electrons. The average Bonchev–Trinajstić information content (AvgIpc) is 2.09. The van der Waals surface area contributed by atoms with Crippen molar-refractivity contribution < 1.29 is 0 Å². The van der Waals surface area contributed by atoms with Crippen LogP contribution in [0.4, 0.5) is 0 Å². The number of nitriles is 1. The number of hydrogen-bond acceptors (Lipinski definition) is 1. The van der Waals surface area contributed by atoms with Gasteiger partial charge in [-0.3, -0.25) is 0 Å². The number of halogens is 2. The van der Waals surface area contributed by atoms with Gasteiger partial charge in [0.1, 0.15) is 5.38 Å². The minimum absolute atomic E-state index is 0.416. The van der Waals surface area contributed by atoms with E-state index in [1.165, 1.54) is 0 Å². The highest BCUT2D eigenvalue weighted by molar-refractivity contribution is 14.1. The quantitative estimate of drug-likeness (QED) is 0.607. The second-order valence-electron chi connectivity index (χ2n) is 2.39. The lowest BCUT2D eigenvalue weighted by Crippen LogP contribution is -2.00. The van der Waals surface area contributed by atoms with Gasteiger partial charge in [-0.25, -0.2) is 0 Å². The molecule has 0 aliphatic carbocycles. The molecule has 1 nitrogen and oxygen atoms in total. The Labute approximate surface area is 90.5 Å². The highest BCUT2D eigenvalue weighted by atomic mass is 127. The van der Waals surface area contributed by atoms with Crippen LogP contribution in [0.5, 0.6) is 0 Å². The third kappa shape index (κ3) is 2.65. The van der Waals surface area contributed by atoms with Crippen LogP contribution >= 0.6 is 34.2 Å². The molecule has 0 aliphatic heterocycles. The van der Waals surface area contributed by atoms with Gasteiger partial charge >= 0.3 is 0 Å². The number of benzene rings is 1. The zero-order chi connectivity index (χ0) is 8.97. The van der Waals surface area contributed by atoms with E-state index in [1.54, 1.807) is 0 Å². The molecule has 1 unspecified atom stereocenters. The van der Waals surface area contributed by atoms with Gasteiger partial charge in [0, 0.05) is 9.99 Å². The van der Waals surface area contributed by atoms with Crippen LogP contribution < -0.4 is 0 Å². The Morgan fingerprint density at radius 1 is 1.50 bits per heavy atom. The Morgan fingerprint density at radius 3 is 2.75 bits per heavy atom. The molecular weight excluding hydrogens is 284 g/mol. The minimum atomic E-state index is -0.416. The molecule has 0 N–H and O–H groups in total. The average molecular weight is 292 g/mol. The van der Waals surface area contributed by atoms with Crippen molar-refractivity contribution >= 4 is 34.2 Å². The van der Waals surface area contributed by atoms with E-state index in [2.05, 4.69) is 22.6 Å². The Morgan fingerprint density at radius 2 is 2.17 bits per heavy atom. The maximum absolute atomic E-state index is 8.50. The van der Waals surface area contributed by atoms with Crippen LogP contribution in [0.2, 0.25) is 0 Å². The first-order valence-corrected chi connectivity index (χ1v) is 5.02. The number of nitrogens with zero attached hydrogens (tertiary/aromatic N) is 1. The van der Waals surface area contributed by atoms with Gasteiger partial charge in [-0.2, -0.15) is 5.26 Å². The summed E-state index contributed by atoms with van der Waals surface area (Å²) in [5.74, 6) is 0. The van der Waals surface area contributed by atoms with Crippen LogP contribution in [0.15, 0.2) is 24.3 Å². The highest BCUT2D eigenvalue weighted by Crippen LogP contribution is 2.15. The van der Waals surface area contributed by atoms with Gasteiger partial charge in [0.15, 0.2) is 0 Å². The van der Waals surface area contributed by atoms with Crippen molar-refractivity contribution in [1.29, 1.82) is 5.26 Å². The fraction of sp³-hybridized carbons (Fsp3) is 0.222. The third-order valence-corrected chi connectivity index (χ3v) is 2.80. The summed E-state index contributed by atoms with van der Waals surface area (Å²) in [5, 5.41) is 8.09. The standard InChI is InChI=1S/C9H7ClIN/c10-8(6-12)5-7-3-1-2-4-9(7)11/h1-4,8H,5H2. The van der Waals surface area contributed by atoms with Gasteiger partial charge in [0.05, 0.1) is 6.07 Å². The molecular formula is C9H7ClIN. The van der Waals surface area contributed by atoms with Crippen LogP contribution in [0.25, 0.3) is 0 Å². The van der Waals surface area contributed by atoms with Crippen molar-refractivity contribution in [2.75, 3.05) is 0 Å². The van der Waals surface area contributed by atoms with E-state index in [4.69, 9.17) is 16.9 Å². The maximum Gasteiger partial charge on any atom is 0.124 e. The molecule has 0 amide bonds. The second-order valence-corrected chi connectivity index (χ2v) is 4.08. The largest absolute Gasteiger partial charge is 0.197 e. The van der Waals surface area contributed by atoms with E-state index in [1.807, 2.05) is 30.3 Å². The van der Waals surface area contributed by atoms with Gasteiger partial charge in [0.2, 0.25) is 0 Å². The maximum atomic E-state index is 8.50. The summed E-state index contributed by atoms with van der Waals surface area (Å²) in [6.45, 7) is 0. The first-order chi connectivity index (χ1) is 5.74. The molecule has 62 valence electrons. The predicted octanol–water partition coefficient (Wildman–Crippen LogP) is 2.96. The Hall–Kier alpha value is -0.270. The molecule has 0 fully saturated rings. The third-order valence-electron chi connectivity index (χ3n) is 1.50. The molecule has 3 heteroatoms. The summed E-state index contributed by atoms with van der Waals surface area (Å²) in [4.78, 5) is 0. The first-order valence-electron chi connectivity index (χ1n) is 3.51. The topological polar surface area (TPSA) is 23.8 Å². The normalized spacial score (nSPS) is 12.1. The van der Waals surface area contributed by atoms with Crippen molar-refractivity contribution in [3.63, 3.8) is 0 Å². The lowest BCUT2D eigenvalue weighted by Gasteiger charge is -2.02. The van der Waals surface area contributed by atoms with Crippen LogP contribution in [-0.4, -0.2) is 5.38 Å². The summed E-state index contributed by atoms with van der Waals surface area (Å²) >= 11 is 7.95. The van der Waals surface area contributed by atoms with Crippen molar-refractivity contribution in [3.05, 3.63) is 33.4 Å². The zero-order valence-electron chi connectivity index (χ0n) is 6.30. The van der Waals surface area contributed by atoms with Crippen molar-refractivity contribution in [3.8, 4) is 6.07 Å². The summed E-state index contributed by atoms with van der Waals surface area (Å²) in [7, 11) is 0. The smallest absolute Gasteiger partial charge is 0.124 e. The van der Waals surface area contributed by atoms with E-state index in [-0.39, 0.29) is 0 Å². The van der Waals surface area contributed by atoms with Gasteiger partial charge in [0.25, 0.3) is 0 Å². The molecule has 0 bridgehead atoms. The number of alkyl halides is 1. The van der Waals surface area contributed by atoms with E-state index in [0.29, 0.717) is 6.42 Å². The Bertz CT molecular complexity index is 306. The minimum Gasteiger partial charge on any atom is -0.197 e. The molecule has 12 heavy (non-hydrogen) atoms. The molecule has 1 rings (SSSR count). The molecule has 0 aromatic heterocycles. The van der Waals surface area contributed by atoms with E-state index in [9.17, 15) is 0 Å².